The first-order valence-corrected chi connectivity index (χ1v) is 7.21. The lowest BCUT2D eigenvalue weighted by atomic mass is 10.1. The van der Waals surface area contributed by atoms with Gasteiger partial charge in [-0.05, 0) is 25.5 Å². The summed E-state index contributed by atoms with van der Waals surface area (Å²) >= 11 is 0. The molecule has 0 aliphatic carbocycles. The molecule has 1 rings (SSSR count). The van der Waals surface area contributed by atoms with Crippen molar-refractivity contribution in [1.29, 1.82) is 0 Å². The second-order valence-electron chi connectivity index (χ2n) is 4.96. The first kappa shape index (κ1) is 16.0. The maximum Gasteiger partial charge on any atom is 0.123 e. The molecule has 0 bridgehead atoms. The van der Waals surface area contributed by atoms with Gasteiger partial charge in [-0.2, -0.15) is 0 Å². The van der Waals surface area contributed by atoms with Crippen molar-refractivity contribution in [1.82, 2.24) is 5.32 Å². The lowest BCUT2D eigenvalue weighted by molar-refractivity contribution is 0.0756. The minimum absolute atomic E-state index is 0.611. The van der Waals surface area contributed by atoms with E-state index in [4.69, 9.17) is 9.47 Å². The van der Waals surface area contributed by atoms with Gasteiger partial charge < -0.3 is 14.8 Å². The second kappa shape index (κ2) is 9.82. The van der Waals surface area contributed by atoms with Crippen molar-refractivity contribution in [2.75, 3.05) is 26.9 Å². The van der Waals surface area contributed by atoms with Gasteiger partial charge in [-0.15, -0.1) is 0 Å². The topological polar surface area (TPSA) is 30.5 Å². The van der Waals surface area contributed by atoms with Gasteiger partial charge >= 0.3 is 0 Å². The minimum Gasteiger partial charge on any atom is -0.491 e. The van der Waals surface area contributed by atoms with Crippen LogP contribution >= 0.6 is 0 Å². The maximum atomic E-state index is 5.77. The summed E-state index contributed by atoms with van der Waals surface area (Å²) in [6.07, 6.45) is 2.45. The number of benzene rings is 1. The number of hydrogen-bond donors (Lipinski definition) is 1. The van der Waals surface area contributed by atoms with Gasteiger partial charge in [0.05, 0.1) is 6.61 Å². The van der Waals surface area contributed by atoms with Gasteiger partial charge in [0.2, 0.25) is 0 Å². The van der Waals surface area contributed by atoms with Crippen LogP contribution in [0.3, 0.4) is 0 Å². The van der Waals surface area contributed by atoms with Crippen LogP contribution in [0, 0.1) is 5.92 Å². The fourth-order valence-electron chi connectivity index (χ4n) is 2.05. The van der Waals surface area contributed by atoms with Crippen LogP contribution in [0.15, 0.2) is 24.3 Å². The van der Waals surface area contributed by atoms with E-state index in [1.165, 1.54) is 18.4 Å². The van der Waals surface area contributed by atoms with Gasteiger partial charge in [0.25, 0.3) is 0 Å². The number of nitrogens with one attached hydrogen (secondary N) is 1. The molecule has 0 saturated carbocycles. The molecule has 0 aliphatic heterocycles. The van der Waals surface area contributed by atoms with Crippen LogP contribution in [0.4, 0.5) is 0 Å². The van der Waals surface area contributed by atoms with Gasteiger partial charge in [-0.25, -0.2) is 0 Å². The van der Waals surface area contributed by atoms with Crippen molar-refractivity contribution in [3.63, 3.8) is 0 Å². The molecule has 0 aromatic heterocycles. The van der Waals surface area contributed by atoms with E-state index in [1.807, 2.05) is 25.2 Å². The number of rotatable bonds is 10. The van der Waals surface area contributed by atoms with Crippen LogP contribution < -0.4 is 10.1 Å². The first-order chi connectivity index (χ1) is 9.27. The van der Waals surface area contributed by atoms with Gasteiger partial charge in [-0.1, -0.05) is 38.5 Å². The molecule has 1 N–H and O–H groups in total. The first-order valence-electron chi connectivity index (χ1n) is 7.21. The number of ether oxygens (including phenoxy) is 2. The Hall–Kier alpha value is -1.06. The molecule has 1 atom stereocenters. The molecule has 0 heterocycles. The zero-order chi connectivity index (χ0) is 13.9. The van der Waals surface area contributed by atoms with Gasteiger partial charge in [-0.3, -0.25) is 0 Å². The second-order valence-corrected chi connectivity index (χ2v) is 4.96. The van der Waals surface area contributed by atoms with Crippen molar-refractivity contribution in [3.05, 3.63) is 29.8 Å². The molecule has 1 unspecified atom stereocenters. The highest BCUT2D eigenvalue weighted by atomic mass is 16.5. The highest BCUT2D eigenvalue weighted by Gasteiger charge is 2.03. The zero-order valence-corrected chi connectivity index (χ0v) is 12.4. The summed E-state index contributed by atoms with van der Waals surface area (Å²) in [5, 5.41) is 3.14. The van der Waals surface area contributed by atoms with E-state index in [9.17, 15) is 0 Å². The van der Waals surface area contributed by atoms with E-state index in [1.54, 1.807) is 0 Å². The van der Waals surface area contributed by atoms with Crippen LogP contribution in [-0.2, 0) is 11.3 Å². The Morgan fingerprint density at radius 1 is 1.21 bits per heavy atom. The monoisotopic (exact) mass is 265 g/mol. The fraction of sp³-hybridized carbons (Fsp3) is 0.625. The molecule has 0 amide bonds. The van der Waals surface area contributed by atoms with Crippen molar-refractivity contribution in [3.8, 4) is 5.75 Å². The molecule has 1 aromatic carbocycles. The van der Waals surface area contributed by atoms with Crippen LogP contribution in [0.5, 0.6) is 5.75 Å². The third-order valence-electron chi connectivity index (χ3n) is 3.01. The molecule has 0 spiro atoms. The van der Waals surface area contributed by atoms with Crippen molar-refractivity contribution >= 4 is 0 Å². The molecule has 0 aliphatic rings. The number of para-hydroxylation sites is 1. The maximum absolute atomic E-state index is 5.77. The molecule has 0 fully saturated rings. The molecule has 0 saturated heterocycles. The highest BCUT2D eigenvalue weighted by Crippen LogP contribution is 2.17. The van der Waals surface area contributed by atoms with E-state index in [0.29, 0.717) is 19.1 Å². The normalized spacial score (nSPS) is 12.4. The van der Waals surface area contributed by atoms with E-state index >= 15 is 0 Å². The molecule has 108 valence electrons. The summed E-state index contributed by atoms with van der Waals surface area (Å²) < 4.78 is 11.4. The Bertz CT molecular complexity index is 341. The zero-order valence-electron chi connectivity index (χ0n) is 12.4. The molecule has 19 heavy (non-hydrogen) atoms. The lowest BCUT2D eigenvalue weighted by Crippen LogP contribution is -2.13. The average molecular weight is 265 g/mol. The van der Waals surface area contributed by atoms with Gasteiger partial charge in [0.15, 0.2) is 0 Å². The van der Waals surface area contributed by atoms with Crippen LogP contribution in [-0.4, -0.2) is 26.9 Å². The Morgan fingerprint density at radius 3 is 2.74 bits per heavy atom. The Kier molecular flexibility index (Phi) is 8.26. The third-order valence-corrected chi connectivity index (χ3v) is 3.01. The summed E-state index contributed by atoms with van der Waals surface area (Å²) in [5.74, 6) is 1.59. The van der Waals surface area contributed by atoms with Gasteiger partial charge in [0, 0.05) is 18.7 Å². The van der Waals surface area contributed by atoms with Crippen LogP contribution in [0.2, 0.25) is 0 Å². The quantitative estimate of drug-likeness (QED) is 0.659. The summed E-state index contributed by atoms with van der Waals surface area (Å²) in [7, 11) is 1.94. The Morgan fingerprint density at radius 2 is 2.00 bits per heavy atom. The average Bonchev–Trinajstić information content (AvgIpc) is 2.41. The molecule has 0 radical (unpaired) electrons. The number of hydrogen-bond acceptors (Lipinski definition) is 3. The standard InChI is InChI=1S/C16H27NO2/c1-4-7-14(2)13-18-10-11-19-16-9-6-5-8-15(16)12-17-3/h5-6,8-9,14,17H,4,7,10-13H2,1-3H3. The molecule has 1 aromatic rings. The Labute approximate surface area is 117 Å². The van der Waals surface area contributed by atoms with E-state index in [2.05, 4.69) is 25.2 Å². The summed E-state index contributed by atoms with van der Waals surface area (Å²) in [6.45, 7) is 7.35. The summed E-state index contributed by atoms with van der Waals surface area (Å²) in [6, 6.07) is 8.11. The molecule has 3 heteroatoms. The van der Waals surface area contributed by atoms with Gasteiger partial charge in [0.1, 0.15) is 12.4 Å². The molecule has 3 nitrogen and oxygen atoms in total. The summed E-state index contributed by atoms with van der Waals surface area (Å²) in [4.78, 5) is 0. The highest BCUT2D eigenvalue weighted by molar-refractivity contribution is 5.33. The third kappa shape index (κ3) is 6.60. The fourth-order valence-corrected chi connectivity index (χ4v) is 2.05. The minimum atomic E-state index is 0.611. The SMILES string of the molecule is CCCC(C)COCCOc1ccccc1CNC. The predicted octanol–water partition coefficient (Wildman–Crippen LogP) is 3.24. The van der Waals surface area contributed by atoms with E-state index in [-0.39, 0.29) is 0 Å². The van der Waals surface area contributed by atoms with E-state index in [0.717, 1.165) is 18.9 Å². The Balaban J connectivity index is 2.22. The lowest BCUT2D eigenvalue weighted by Gasteiger charge is -2.13. The summed E-state index contributed by atoms with van der Waals surface area (Å²) in [5.41, 5.74) is 1.18. The van der Waals surface area contributed by atoms with E-state index < -0.39 is 0 Å². The van der Waals surface area contributed by atoms with Crippen LogP contribution in [0.25, 0.3) is 0 Å². The van der Waals surface area contributed by atoms with Crippen molar-refractivity contribution < 1.29 is 9.47 Å². The van der Waals surface area contributed by atoms with Crippen LogP contribution in [0.1, 0.15) is 32.3 Å². The largest absolute Gasteiger partial charge is 0.491 e. The predicted molar refractivity (Wildman–Crippen MR) is 79.6 cm³/mol. The van der Waals surface area contributed by atoms with Crippen molar-refractivity contribution in [2.24, 2.45) is 5.92 Å². The van der Waals surface area contributed by atoms with Crippen molar-refractivity contribution in [2.45, 2.75) is 33.2 Å². The molecular formula is C16H27NO2. The molecular weight excluding hydrogens is 238 g/mol. The smallest absolute Gasteiger partial charge is 0.123 e.